The van der Waals surface area contributed by atoms with E-state index in [2.05, 4.69) is 4.74 Å². The van der Waals surface area contributed by atoms with Gasteiger partial charge in [0.1, 0.15) is 18.0 Å². The van der Waals surface area contributed by atoms with Crippen LogP contribution in [0.3, 0.4) is 0 Å². The van der Waals surface area contributed by atoms with Gasteiger partial charge in [0, 0.05) is 7.05 Å². The maximum absolute atomic E-state index is 11.7. The number of carbonyl (C=O) groups excluding carboxylic acids is 2. The highest BCUT2D eigenvalue weighted by Gasteiger charge is 2.13. The molecule has 0 heterocycles. The molecular weight excluding hydrogens is 250 g/mol. The first kappa shape index (κ1) is 14.8. The van der Waals surface area contributed by atoms with Crippen LogP contribution in [-0.4, -0.2) is 51.2 Å². The zero-order valence-electron chi connectivity index (χ0n) is 11.2. The van der Waals surface area contributed by atoms with E-state index in [1.54, 1.807) is 31.4 Å². The monoisotopic (exact) mass is 267 g/mol. The average molecular weight is 267 g/mol. The van der Waals surface area contributed by atoms with E-state index in [-0.39, 0.29) is 19.1 Å². The lowest BCUT2D eigenvalue weighted by atomic mass is 10.3. The van der Waals surface area contributed by atoms with Crippen molar-refractivity contribution >= 4 is 11.9 Å². The molecule has 0 radical (unpaired) electrons. The molecule has 0 bridgehead atoms. The predicted molar refractivity (Wildman–Crippen MR) is 68.1 cm³/mol. The first-order valence-electron chi connectivity index (χ1n) is 5.64. The van der Waals surface area contributed by atoms with Crippen molar-refractivity contribution < 1.29 is 23.8 Å². The van der Waals surface area contributed by atoms with Crippen LogP contribution in [0.25, 0.3) is 0 Å². The first-order valence-corrected chi connectivity index (χ1v) is 5.64. The van der Waals surface area contributed by atoms with Crippen LogP contribution in [0.4, 0.5) is 0 Å². The van der Waals surface area contributed by atoms with Gasteiger partial charge in [0.25, 0.3) is 5.91 Å². The minimum absolute atomic E-state index is 0.0959. The van der Waals surface area contributed by atoms with Crippen LogP contribution in [-0.2, 0) is 14.3 Å². The normalized spacial score (nSPS) is 9.63. The molecule has 0 atom stereocenters. The summed E-state index contributed by atoms with van der Waals surface area (Å²) in [5.74, 6) is 0.489. The highest BCUT2D eigenvalue weighted by Crippen LogP contribution is 2.16. The van der Waals surface area contributed by atoms with Gasteiger partial charge in [-0.3, -0.25) is 9.59 Å². The number of carbonyl (C=O) groups is 2. The lowest BCUT2D eigenvalue weighted by Gasteiger charge is -2.15. The zero-order chi connectivity index (χ0) is 14.3. The van der Waals surface area contributed by atoms with Crippen LogP contribution in [0.15, 0.2) is 24.3 Å². The Morgan fingerprint density at radius 2 is 1.68 bits per heavy atom. The van der Waals surface area contributed by atoms with Gasteiger partial charge in [0.2, 0.25) is 0 Å². The molecule has 0 aliphatic heterocycles. The number of hydrogen-bond acceptors (Lipinski definition) is 5. The molecular formula is C13H17NO5. The number of nitrogens with zero attached hydrogens (tertiary/aromatic N) is 1. The Hall–Kier alpha value is -2.24. The molecule has 0 aromatic heterocycles. The fraction of sp³-hybridized carbons (Fsp3) is 0.385. The van der Waals surface area contributed by atoms with Gasteiger partial charge < -0.3 is 19.1 Å². The smallest absolute Gasteiger partial charge is 0.325 e. The highest BCUT2D eigenvalue weighted by molar-refractivity contribution is 5.82. The van der Waals surface area contributed by atoms with Crippen molar-refractivity contribution in [2.45, 2.75) is 0 Å². The van der Waals surface area contributed by atoms with Crippen LogP contribution in [0, 0.1) is 0 Å². The molecule has 6 nitrogen and oxygen atoms in total. The average Bonchev–Trinajstić information content (AvgIpc) is 2.44. The zero-order valence-corrected chi connectivity index (χ0v) is 11.2. The molecule has 0 spiro atoms. The van der Waals surface area contributed by atoms with Crippen molar-refractivity contribution in [2.75, 3.05) is 34.4 Å². The molecule has 1 aromatic rings. The maximum atomic E-state index is 11.7. The van der Waals surface area contributed by atoms with Crippen molar-refractivity contribution in [1.29, 1.82) is 0 Å². The van der Waals surface area contributed by atoms with Crippen LogP contribution in [0.1, 0.15) is 0 Å². The minimum atomic E-state index is -0.472. The van der Waals surface area contributed by atoms with Gasteiger partial charge in [-0.05, 0) is 24.3 Å². The number of methoxy groups -OCH3 is 2. The second-order valence-corrected chi connectivity index (χ2v) is 3.79. The number of ether oxygens (including phenoxy) is 3. The molecule has 0 saturated carbocycles. The van der Waals surface area contributed by atoms with Gasteiger partial charge in [-0.15, -0.1) is 0 Å². The maximum Gasteiger partial charge on any atom is 0.325 e. The van der Waals surface area contributed by atoms with E-state index < -0.39 is 5.97 Å². The first-order chi connectivity index (χ1) is 9.06. The Morgan fingerprint density at radius 1 is 1.11 bits per heavy atom. The Balaban J connectivity index is 2.42. The summed E-state index contributed by atoms with van der Waals surface area (Å²) in [6, 6.07) is 6.87. The second kappa shape index (κ2) is 7.25. The summed E-state index contributed by atoms with van der Waals surface area (Å²) < 4.78 is 14.8. The van der Waals surface area contributed by atoms with Crippen molar-refractivity contribution in [1.82, 2.24) is 4.90 Å². The van der Waals surface area contributed by atoms with Crippen molar-refractivity contribution in [3.05, 3.63) is 24.3 Å². The van der Waals surface area contributed by atoms with Gasteiger partial charge in [0.05, 0.1) is 14.2 Å². The largest absolute Gasteiger partial charge is 0.497 e. The SMILES string of the molecule is COC(=O)CN(C)C(=O)COc1ccc(OC)cc1. The Labute approximate surface area is 111 Å². The number of hydrogen-bond donors (Lipinski definition) is 0. The van der Waals surface area contributed by atoms with Gasteiger partial charge >= 0.3 is 5.97 Å². The Morgan fingerprint density at radius 3 is 2.21 bits per heavy atom. The predicted octanol–water partition coefficient (Wildman–Crippen LogP) is 0.705. The summed E-state index contributed by atoms with van der Waals surface area (Å²) in [4.78, 5) is 23.9. The molecule has 0 aliphatic carbocycles. The fourth-order valence-electron chi connectivity index (χ4n) is 1.27. The van der Waals surface area contributed by atoms with Crippen molar-refractivity contribution in [2.24, 2.45) is 0 Å². The molecule has 1 rings (SSSR count). The Bertz CT molecular complexity index is 429. The molecule has 0 fully saturated rings. The molecule has 0 saturated heterocycles. The van der Waals surface area contributed by atoms with Crippen LogP contribution >= 0.6 is 0 Å². The van der Waals surface area contributed by atoms with E-state index in [0.717, 1.165) is 0 Å². The van der Waals surface area contributed by atoms with Gasteiger partial charge in [-0.25, -0.2) is 0 Å². The van der Waals surface area contributed by atoms with E-state index in [1.165, 1.54) is 19.1 Å². The topological polar surface area (TPSA) is 65.1 Å². The van der Waals surface area contributed by atoms with Gasteiger partial charge in [-0.1, -0.05) is 0 Å². The standard InChI is InChI=1S/C13H17NO5/c1-14(8-13(16)18-3)12(15)9-19-11-6-4-10(17-2)5-7-11/h4-7H,8-9H2,1-3H3. The van der Waals surface area contributed by atoms with Crippen LogP contribution in [0.2, 0.25) is 0 Å². The summed E-state index contributed by atoms with van der Waals surface area (Å²) in [5, 5.41) is 0. The molecule has 0 N–H and O–H groups in total. The van der Waals surface area contributed by atoms with Gasteiger partial charge in [-0.2, -0.15) is 0 Å². The highest BCUT2D eigenvalue weighted by atomic mass is 16.5. The number of amides is 1. The summed E-state index contributed by atoms with van der Waals surface area (Å²) >= 11 is 0. The number of benzene rings is 1. The molecule has 1 amide bonds. The van der Waals surface area contributed by atoms with Crippen LogP contribution in [0.5, 0.6) is 11.5 Å². The van der Waals surface area contributed by atoms with Gasteiger partial charge in [0.15, 0.2) is 6.61 Å². The van der Waals surface area contributed by atoms with E-state index in [9.17, 15) is 9.59 Å². The van der Waals surface area contributed by atoms with Crippen LogP contribution < -0.4 is 9.47 Å². The molecule has 1 aromatic carbocycles. The Kier molecular flexibility index (Phi) is 5.66. The summed E-state index contributed by atoms with van der Waals surface area (Å²) in [6.07, 6.45) is 0. The van der Waals surface area contributed by atoms with Crippen molar-refractivity contribution in [3.63, 3.8) is 0 Å². The molecule has 6 heteroatoms. The number of rotatable bonds is 6. The van der Waals surface area contributed by atoms with E-state index in [4.69, 9.17) is 9.47 Å². The molecule has 0 aliphatic rings. The minimum Gasteiger partial charge on any atom is -0.497 e. The molecule has 19 heavy (non-hydrogen) atoms. The lowest BCUT2D eigenvalue weighted by molar-refractivity contribution is -0.146. The summed E-state index contributed by atoms with van der Waals surface area (Å²) in [6.45, 7) is -0.235. The third kappa shape index (κ3) is 4.87. The summed E-state index contributed by atoms with van der Waals surface area (Å²) in [7, 11) is 4.35. The van der Waals surface area contributed by atoms with E-state index >= 15 is 0 Å². The lowest BCUT2D eigenvalue weighted by Crippen LogP contribution is -2.35. The molecule has 104 valence electrons. The van der Waals surface area contributed by atoms with Crippen molar-refractivity contribution in [3.8, 4) is 11.5 Å². The van der Waals surface area contributed by atoms with E-state index in [1.807, 2.05) is 0 Å². The quantitative estimate of drug-likeness (QED) is 0.710. The molecule has 0 unspecified atom stereocenters. The number of esters is 1. The van der Waals surface area contributed by atoms with E-state index in [0.29, 0.717) is 11.5 Å². The summed E-state index contributed by atoms with van der Waals surface area (Å²) in [5.41, 5.74) is 0. The second-order valence-electron chi connectivity index (χ2n) is 3.79. The third-order valence-corrected chi connectivity index (χ3v) is 2.44. The number of likely N-dealkylation sites (N-methyl/N-ethyl adjacent to an activating group) is 1. The fourth-order valence-corrected chi connectivity index (χ4v) is 1.27. The third-order valence-electron chi connectivity index (χ3n) is 2.44.